The Kier molecular flexibility index (Phi) is 4.27. The zero-order valence-corrected chi connectivity index (χ0v) is 14.7. The molecule has 25 heavy (non-hydrogen) atoms. The highest BCUT2D eigenvalue weighted by molar-refractivity contribution is 6.01. The predicted octanol–water partition coefficient (Wildman–Crippen LogP) is 0.795. The smallest absolute Gasteiger partial charge is 0.249 e. The van der Waals surface area contributed by atoms with E-state index in [1.165, 1.54) is 6.42 Å². The lowest BCUT2D eigenvalue weighted by Crippen LogP contribution is -2.51. The van der Waals surface area contributed by atoms with E-state index in [-0.39, 0.29) is 23.8 Å². The number of nitrogens with two attached hydrogens (primary N) is 1. The van der Waals surface area contributed by atoms with Crippen LogP contribution in [0.25, 0.3) is 0 Å². The monoisotopic (exact) mass is 345 g/mol. The molecule has 1 aliphatic heterocycles. The Morgan fingerprint density at radius 1 is 1.28 bits per heavy atom. The number of hydrogen-bond donors (Lipinski definition) is 2. The van der Waals surface area contributed by atoms with Gasteiger partial charge in [-0.2, -0.15) is 5.10 Å². The Balaban J connectivity index is 1.38. The van der Waals surface area contributed by atoms with Gasteiger partial charge in [0.2, 0.25) is 11.8 Å². The van der Waals surface area contributed by atoms with Crippen molar-refractivity contribution in [1.29, 1.82) is 0 Å². The zero-order chi connectivity index (χ0) is 17.6. The van der Waals surface area contributed by atoms with E-state index >= 15 is 0 Å². The van der Waals surface area contributed by atoms with Crippen molar-refractivity contribution in [2.75, 3.05) is 11.4 Å². The maximum Gasteiger partial charge on any atom is 0.249 e. The van der Waals surface area contributed by atoms with E-state index in [9.17, 15) is 9.59 Å². The highest BCUT2D eigenvalue weighted by Gasteiger charge is 2.42. The minimum Gasteiger partial charge on any atom is -0.344 e. The van der Waals surface area contributed by atoms with Crippen LogP contribution in [-0.2, 0) is 16.6 Å². The van der Waals surface area contributed by atoms with Gasteiger partial charge in [0.05, 0.1) is 11.9 Å². The lowest BCUT2D eigenvalue weighted by Gasteiger charge is -2.43. The van der Waals surface area contributed by atoms with Crippen LogP contribution in [0.5, 0.6) is 0 Å². The molecule has 0 aromatic carbocycles. The summed E-state index contributed by atoms with van der Waals surface area (Å²) >= 11 is 0. The number of hydrogen-bond acceptors (Lipinski definition) is 4. The molecule has 3 aliphatic rings. The normalized spacial score (nSPS) is 35.0. The summed E-state index contributed by atoms with van der Waals surface area (Å²) in [4.78, 5) is 27.1. The van der Waals surface area contributed by atoms with Gasteiger partial charge in [0.25, 0.3) is 0 Å². The van der Waals surface area contributed by atoms with Crippen molar-refractivity contribution in [1.82, 2.24) is 15.1 Å². The van der Waals surface area contributed by atoms with Gasteiger partial charge in [-0.25, -0.2) is 0 Å². The molecule has 3 fully saturated rings. The van der Waals surface area contributed by atoms with Gasteiger partial charge in [-0.3, -0.25) is 14.3 Å². The molecular weight excluding hydrogens is 318 g/mol. The van der Waals surface area contributed by atoms with Crippen LogP contribution in [0.1, 0.15) is 38.5 Å². The standard InChI is InChI=1S/C18H27N5O2/c1-22-10-14(9-20-22)23-6-5-15(18(23)25)21-17(24)13-7-11-3-2-4-12(8-13)16(11)19/h9-13,15-16H,2-8,19H2,1H3,(H,21,24). The topological polar surface area (TPSA) is 93.2 Å². The largest absolute Gasteiger partial charge is 0.344 e. The van der Waals surface area contributed by atoms with Gasteiger partial charge < -0.3 is 16.0 Å². The Hall–Kier alpha value is -1.89. The fraction of sp³-hybridized carbons (Fsp3) is 0.722. The first-order chi connectivity index (χ1) is 12.0. The number of fused-ring (bicyclic) bond motifs is 2. The summed E-state index contributed by atoms with van der Waals surface area (Å²) in [5.41, 5.74) is 7.11. The first-order valence-corrected chi connectivity index (χ1v) is 9.39. The number of carbonyl (C=O) groups is 2. The molecule has 2 saturated carbocycles. The molecule has 1 aromatic rings. The Morgan fingerprint density at radius 2 is 2.00 bits per heavy atom. The zero-order valence-electron chi connectivity index (χ0n) is 14.7. The second kappa shape index (κ2) is 6.44. The van der Waals surface area contributed by atoms with E-state index in [0.29, 0.717) is 24.8 Å². The van der Waals surface area contributed by atoms with E-state index in [4.69, 9.17) is 5.73 Å². The van der Waals surface area contributed by atoms with Crippen molar-refractivity contribution < 1.29 is 9.59 Å². The van der Waals surface area contributed by atoms with Crippen LogP contribution < -0.4 is 16.0 Å². The second-order valence-corrected chi connectivity index (χ2v) is 7.91. The van der Waals surface area contributed by atoms with E-state index in [1.807, 2.05) is 13.2 Å². The van der Waals surface area contributed by atoms with Crippen LogP contribution in [0.3, 0.4) is 0 Å². The molecule has 2 aliphatic carbocycles. The molecule has 2 bridgehead atoms. The summed E-state index contributed by atoms with van der Waals surface area (Å²) in [5, 5.41) is 7.13. The average Bonchev–Trinajstić information content (AvgIpc) is 3.13. The summed E-state index contributed by atoms with van der Waals surface area (Å²) in [6, 6.07) is -0.157. The molecule has 0 spiro atoms. The molecule has 7 heteroatoms. The fourth-order valence-corrected chi connectivity index (χ4v) is 4.91. The SMILES string of the molecule is Cn1cc(N2CCC(NC(=O)C3CC4CCCC(C3)C4N)C2=O)cn1. The van der Waals surface area contributed by atoms with Crippen LogP contribution in [0.15, 0.2) is 12.4 Å². The second-order valence-electron chi connectivity index (χ2n) is 7.91. The minimum atomic E-state index is -0.414. The molecule has 1 aromatic heterocycles. The lowest BCUT2D eigenvalue weighted by molar-refractivity contribution is -0.131. The molecule has 2 heterocycles. The van der Waals surface area contributed by atoms with E-state index in [0.717, 1.165) is 31.4 Å². The summed E-state index contributed by atoms with van der Waals surface area (Å²) in [6.45, 7) is 0.621. The number of aromatic nitrogens is 2. The molecule has 1 saturated heterocycles. The molecule has 136 valence electrons. The highest BCUT2D eigenvalue weighted by Crippen LogP contribution is 2.42. The van der Waals surface area contributed by atoms with Crippen molar-refractivity contribution in [3.63, 3.8) is 0 Å². The number of rotatable bonds is 3. The minimum absolute atomic E-state index is 0.00958. The first-order valence-electron chi connectivity index (χ1n) is 9.39. The maximum atomic E-state index is 12.7. The van der Waals surface area contributed by atoms with Crippen LogP contribution in [0.4, 0.5) is 5.69 Å². The first kappa shape index (κ1) is 16.6. The number of nitrogens with one attached hydrogen (secondary N) is 1. The summed E-state index contributed by atoms with van der Waals surface area (Å²) < 4.78 is 1.68. The molecule has 7 nitrogen and oxygen atoms in total. The Labute approximate surface area is 147 Å². The third-order valence-electron chi connectivity index (χ3n) is 6.31. The number of amides is 2. The van der Waals surface area contributed by atoms with E-state index in [2.05, 4.69) is 10.4 Å². The van der Waals surface area contributed by atoms with Crippen molar-refractivity contribution in [3.05, 3.63) is 12.4 Å². The number of anilines is 1. The third-order valence-corrected chi connectivity index (χ3v) is 6.31. The third kappa shape index (κ3) is 3.05. The molecule has 3 atom stereocenters. The van der Waals surface area contributed by atoms with Crippen LogP contribution >= 0.6 is 0 Å². The van der Waals surface area contributed by atoms with Gasteiger partial charge in [0.15, 0.2) is 0 Å². The van der Waals surface area contributed by atoms with Gasteiger partial charge in [0.1, 0.15) is 6.04 Å². The van der Waals surface area contributed by atoms with Gasteiger partial charge in [-0.15, -0.1) is 0 Å². The lowest BCUT2D eigenvalue weighted by atomic mass is 9.65. The summed E-state index contributed by atoms with van der Waals surface area (Å²) in [5.74, 6) is 0.948. The molecule has 3 N–H and O–H groups in total. The van der Waals surface area contributed by atoms with Crippen molar-refractivity contribution in [3.8, 4) is 0 Å². The van der Waals surface area contributed by atoms with Crippen LogP contribution in [-0.4, -0.2) is 40.2 Å². The molecule has 3 unspecified atom stereocenters. The highest BCUT2D eigenvalue weighted by atomic mass is 16.2. The molecule has 2 amide bonds. The quantitative estimate of drug-likeness (QED) is 0.847. The Bertz CT molecular complexity index is 658. The molecular formula is C18H27N5O2. The molecule has 4 rings (SSSR count). The van der Waals surface area contributed by atoms with Gasteiger partial charge in [0, 0.05) is 31.7 Å². The van der Waals surface area contributed by atoms with Crippen LogP contribution in [0, 0.1) is 17.8 Å². The van der Waals surface area contributed by atoms with Gasteiger partial charge in [-0.05, 0) is 43.9 Å². The number of nitrogens with zero attached hydrogens (tertiary/aromatic N) is 3. The van der Waals surface area contributed by atoms with E-state index < -0.39 is 6.04 Å². The van der Waals surface area contributed by atoms with Crippen molar-refractivity contribution in [2.24, 2.45) is 30.5 Å². The average molecular weight is 345 g/mol. The molecule has 0 radical (unpaired) electrons. The van der Waals surface area contributed by atoms with Crippen LogP contribution in [0.2, 0.25) is 0 Å². The fourth-order valence-electron chi connectivity index (χ4n) is 4.91. The summed E-state index contributed by atoms with van der Waals surface area (Å²) in [6.07, 6.45) is 9.42. The van der Waals surface area contributed by atoms with Crippen molar-refractivity contribution in [2.45, 2.75) is 50.6 Å². The maximum absolute atomic E-state index is 12.7. The van der Waals surface area contributed by atoms with E-state index in [1.54, 1.807) is 15.8 Å². The number of aryl methyl sites for hydroxylation is 1. The van der Waals surface area contributed by atoms with Gasteiger partial charge >= 0.3 is 0 Å². The van der Waals surface area contributed by atoms with Gasteiger partial charge in [-0.1, -0.05) is 6.42 Å². The Morgan fingerprint density at radius 3 is 2.64 bits per heavy atom. The predicted molar refractivity (Wildman–Crippen MR) is 93.6 cm³/mol. The number of carbonyl (C=O) groups excluding carboxylic acids is 2. The van der Waals surface area contributed by atoms with Crippen molar-refractivity contribution >= 4 is 17.5 Å². The summed E-state index contributed by atoms with van der Waals surface area (Å²) in [7, 11) is 1.83.